The number of hydrogen-bond donors (Lipinski definition) is 1. The molecule has 35 heavy (non-hydrogen) atoms. The van der Waals surface area contributed by atoms with Crippen LogP contribution in [0.1, 0.15) is 22.8 Å². The Balaban J connectivity index is 1.29. The second-order valence-corrected chi connectivity index (χ2v) is 8.99. The van der Waals surface area contributed by atoms with E-state index in [4.69, 9.17) is 4.74 Å². The highest BCUT2D eigenvalue weighted by atomic mass is 79.9. The molecule has 1 saturated heterocycles. The lowest BCUT2D eigenvalue weighted by atomic mass is 10.2. The van der Waals surface area contributed by atoms with Crippen LogP contribution in [0.25, 0.3) is 6.08 Å². The first-order chi connectivity index (χ1) is 17.0. The highest BCUT2D eigenvalue weighted by molar-refractivity contribution is 9.10. The van der Waals surface area contributed by atoms with Crippen LogP contribution in [0, 0.1) is 0 Å². The third-order valence-corrected chi connectivity index (χ3v) is 6.41. The number of anilines is 2. The lowest BCUT2D eigenvalue weighted by Gasteiger charge is -2.35. The van der Waals surface area contributed by atoms with E-state index in [9.17, 15) is 9.59 Å². The van der Waals surface area contributed by atoms with Gasteiger partial charge in [0.15, 0.2) is 0 Å². The maximum absolute atomic E-state index is 12.6. The second-order valence-electron chi connectivity index (χ2n) is 8.14. The second kappa shape index (κ2) is 11.7. The molecule has 1 fully saturated rings. The summed E-state index contributed by atoms with van der Waals surface area (Å²) in [4.78, 5) is 29.3. The Labute approximate surface area is 214 Å². The van der Waals surface area contributed by atoms with E-state index in [0.717, 1.165) is 34.5 Å². The minimum Gasteiger partial charge on any atom is -0.493 e. The molecule has 0 bridgehead atoms. The molecule has 0 atom stereocenters. The van der Waals surface area contributed by atoms with Crippen molar-refractivity contribution in [3.8, 4) is 5.75 Å². The van der Waals surface area contributed by atoms with Crippen molar-refractivity contribution in [2.75, 3.05) is 43.0 Å². The summed E-state index contributed by atoms with van der Waals surface area (Å²) >= 11 is 3.45. The van der Waals surface area contributed by atoms with Crippen LogP contribution in [0.3, 0.4) is 0 Å². The average molecular weight is 534 g/mol. The fourth-order valence-electron chi connectivity index (χ4n) is 3.90. The van der Waals surface area contributed by atoms with Crippen LogP contribution < -0.4 is 15.0 Å². The molecule has 1 aliphatic rings. The Bertz CT molecular complexity index is 1190. The van der Waals surface area contributed by atoms with E-state index in [0.29, 0.717) is 31.0 Å². The Hall–Kier alpha value is -3.58. The molecule has 4 rings (SSSR count). The largest absolute Gasteiger partial charge is 0.493 e. The molecule has 0 aliphatic carbocycles. The van der Waals surface area contributed by atoms with E-state index >= 15 is 0 Å². The molecule has 6 nitrogen and oxygen atoms in total. The standard InChI is InChI=1S/C28H28BrN3O3/c1-2-35-26-14-9-22(20-25(26)29)28(34)30-23-10-12-24(13-11-23)31-16-18-32(19-17-31)27(33)15-8-21-6-4-3-5-7-21/h3-15,20H,2,16-19H2,1H3,(H,30,34)/b15-8+. The summed E-state index contributed by atoms with van der Waals surface area (Å²) < 4.78 is 6.25. The molecule has 180 valence electrons. The van der Waals surface area contributed by atoms with Gasteiger partial charge in [-0.2, -0.15) is 0 Å². The molecule has 7 heteroatoms. The van der Waals surface area contributed by atoms with Crippen LogP contribution in [0.4, 0.5) is 11.4 Å². The maximum atomic E-state index is 12.6. The van der Waals surface area contributed by atoms with Gasteiger partial charge in [-0.15, -0.1) is 0 Å². The van der Waals surface area contributed by atoms with Crippen LogP contribution in [0.15, 0.2) is 83.3 Å². The first-order valence-electron chi connectivity index (χ1n) is 11.6. The summed E-state index contributed by atoms with van der Waals surface area (Å²) in [6, 6.07) is 22.9. The third kappa shape index (κ3) is 6.51. The van der Waals surface area contributed by atoms with Crippen molar-refractivity contribution >= 4 is 45.2 Å². The average Bonchev–Trinajstić information content (AvgIpc) is 2.89. The molecule has 2 amide bonds. The molecule has 0 aromatic heterocycles. The van der Waals surface area contributed by atoms with Gasteiger partial charge < -0.3 is 19.9 Å². The summed E-state index contributed by atoms with van der Waals surface area (Å²) in [6.45, 7) is 5.34. The number of nitrogens with one attached hydrogen (secondary N) is 1. The maximum Gasteiger partial charge on any atom is 0.255 e. The quantitative estimate of drug-likeness (QED) is 0.409. The lowest BCUT2D eigenvalue weighted by molar-refractivity contribution is -0.126. The zero-order valence-corrected chi connectivity index (χ0v) is 21.2. The van der Waals surface area contributed by atoms with Gasteiger partial charge in [0.25, 0.3) is 5.91 Å². The zero-order chi connectivity index (χ0) is 24.6. The number of carbonyl (C=O) groups is 2. The third-order valence-electron chi connectivity index (χ3n) is 5.79. The van der Waals surface area contributed by atoms with E-state index in [1.807, 2.05) is 72.5 Å². The molecular formula is C28H28BrN3O3. The van der Waals surface area contributed by atoms with Gasteiger partial charge in [-0.3, -0.25) is 9.59 Å². The molecule has 1 heterocycles. The van der Waals surface area contributed by atoms with Crippen molar-refractivity contribution < 1.29 is 14.3 Å². The topological polar surface area (TPSA) is 61.9 Å². The summed E-state index contributed by atoms with van der Waals surface area (Å²) in [7, 11) is 0. The molecule has 1 aliphatic heterocycles. The predicted octanol–water partition coefficient (Wildman–Crippen LogP) is 5.46. The van der Waals surface area contributed by atoms with Crippen molar-refractivity contribution in [1.29, 1.82) is 0 Å². The van der Waals surface area contributed by atoms with E-state index in [2.05, 4.69) is 26.1 Å². The highest BCUT2D eigenvalue weighted by Crippen LogP contribution is 2.27. The van der Waals surface area contributed by atoms with Gasteiger partial charge in [0.05, 0.1) is 11.1 Å². The summed E-state index contributed by atoms with van der Waals surface area (Å²) in [5, 5.41) is 2.94. The normalized spacial score (nSPS) is 13.7. The van der Waals surface area contributed by atoms with Crippen LogP contribution >= 0.6 is 15.9 Å². The number of ether oxygens (including phenoxy) is 1. The van der Waals surface area contributed by atoms with Gasteiger partial charge in [0.2, 0.25) is 5.91 Å². The van der Waals surface area contributed by atoms with Crippen LogP contribution in [0.5, 0.6) is 5.75 Å². The number of carbonyl (C=O) groups excluding carboxylic acids is 2. The summed E-state index contributed by atoms with van der Waals surface area (Å²) in [5.41, 5.74) is 3.36. The number of benzene rings is 3. The number of halogens is 1. The first kappa shape index (κ1) is 24.5. The summed E-state index contributed by atoms with van der Waals surface area (Å²) in [6.07, 6.45) is 3.50. The molecular weight excluding hydrogens is 506 g/mol. The van der Waals surface area contributed by atoms with E-state index < -0.39 is 0 Å². The molecule has 0 unspecified atom stereocenters. The monoisotopic (exact) mass is 533 g/mol. The Kier molecular flexibility index (Phi) is 8.21. The van der Waals surface area contributed by atoms with Gasteiger partial charge in [0, 0.05) is 49.2 Å². The fourth-order valence-corrected chi connectivity index (χ4v) is 4.39. The smallest absolute Gasteiger partial charge is 0.255 e. The van der Waals surface area contributed by atoms with Gasteiger partial charge in [-0.1, -0.05) is 30.3 Å². The molecule has 0 radical (unpaired) electrons. The van der Waals surface area contributed by atoms with Crippen molar-refractivity contribution in [2.24, 2.45) is 0 Å². The predicted molar refractivity (Wildman–Crippen MR) is 144 cm³/mol. The van der Waals surface area contributed by atoms with Crippen LogP contribution in [-0.4, -0.2) is 49.5 Å². The number of amides is 2. The van der Waals surface area contributed by atoms with Gasteiger partial charge in [0.1, 0.15) is 5.75 Å². The van der Waals surface area contributed by atoms with E-state index in [-0.39, 0.29) is 11.8 Å². The number of rotatable bonds is 7. The Morgan fingerprint density at radius 2 is 1.69 bits per heavy atom. The fraction of sp³-hybridized carbons (Fsp3) is 0.214. The van der Waals surface area contributed by atoms with Crippen LogP contribution in [0.2, 0.25) is 0 Å². The van der Waals surface area contributed by atoms with Gasteiger partial charge in [-0.05, 0) is 77.0 Å². The molecule has 3 aromatic carbocycles. The van der Waals surface area contributed by atoms with Gasteiger partial charge in [-0.25, -0.2) is 0 Å². The van der Waals surface area contributed by atoms with E-state index in [1.165, 1.54) is 0 Å². The summed E-state index contributed by atoms with van der Waals surface area (Å²) in [5.74, 6) is 0.562. The Morgan fingerprint density at radius 1 is 0.971 bits per heavy atom. The lowest BCUT2D eigenvalue weighted by Crippen LogP contribution is -2.48. The Morgan fingerprint density at radius 3 is 2.34 bits per heavy atom. The minimum absolute atomic E-state index is 0.0347. The molecule has 1 N–H and O–H groups in total. The van der Waals surface area contributed by atoms with Crippen molar-refractivity contribution in [1.82, 2.24) is 4.90 Å². The van der Waals surface area contributed by atoms with Crippen molar-refractivity contribution in [2.45, 2.75) is 6.92 Å². The van der Waals surface area contributed by atoms with Crippen molar-refractivity contribution in [3.63, 3.8) is 0 Å². The SMILES string of the molecule is CCOc1ccc(C(=O)Nc2ccc(N3CCN(C(=O)/C=C/c4ccccc4)CC3)cc2)cc1Br. The van der Waals surface area contributed by atoms with E-state index in [1.54, 1.807) is 24.3 Å². The number of piperazine rings is 1. The number of hydrogen-bond acceptors (Lipinski definition) is 4. The van der Waals surface area contributed by atoms with Gasteiger partial charge >= 0.3 is 0 Å². The zero-order valence-electron chi connectivity index (χ0n) is 19.6. The minimum atomic E-state index is -0.183. The molecule has 3 aromatic rings. The van der Waals surface area contributed by atoms with Crippen molar-refractivity contribution in [3.05, 3.63) is 94.5 Å². The number of nitrogens with zero attached hydrogens (tertiary/aromatic N) is 2. The van der Waals surface area contributed by atoms with Crippen LogP contribution in [-0.2, 0) is 4.79 Å². The first-order valence-corrected chi connectivity index (χ1v) is 12.4. The molecule has 0 saturated carbocycles. The highest BCUT2D eigenvalue weighted by Gasteiger charge is 2.20. The molecule has 0 spiro atoms.